The van der Waals surface area contributed by atoms with E-state index in [0.717, 1.165) is 31.4 Å². The van der Waals surface area contributed by atoms with E-state index in [2.05, 4.69) is 25.8 Å². The Labute approximate surface area is 108 Å². The summed E-state index contributed by atoms with van der Waals surface area (Å²) in [4.78, 5) is 16.3. The van der Waals surface area contributed by atoms with Gasteiger partial charge in [0.15, 0.2) is 6.39 Å². The van der Waals surface area contributed by atoms with Gasteiger partial charge in [-0.05, 0) is 36.1 Å². The van der Waals surface area contributed by atoms with E-state index in [1.807, 2.05) is 0 Å². The van der Waals surface area contributed by atoms with Crippen LogP contribution in [-0.4, -0.2) is 31.1 Å². The van der Waals surface area contributed by atoms with E-state index in [-0.39, 0.29) is 11.7 Å². The minimum Gasteiger partial charge on any atom is -0.438 e. The molecule has 0 aliphatic heterocycles. The van der Waals surface area contributed by atoms with Crippen LogP contribution in [0.1, 0.15) is 53.9 Å². The number of tetrazole rings is 1. The average Bonchev–Trinajstić information content (AvgIpc) is 3.34. The molecule has 98 valence electrons. The highest BCUT2D eigenvalue weighted by Crippen LogP contribution is 2.41. The number of rotatable bonds is 4. The molecule has 0 bridgehead atoms. The highest BCUT2D eigenvalue weighted by atomic mass is 16.3. The molecule has 4 rings (SSSR count). The zero-order valence-corrected chi connectivity index (χ0v) is 10.1. The fraction of sp³-hybridized carbons (Fsp3) is 0.545. The van der Waals surface area contributed by atoms with Gasteiger partial charge in [-0.15, -0.1) is 0 Å². The number of nitrogens with one attached hydrogen (secondary N) is 1. The van der Waals surface area contributed by atoms with Crippen LogP contribution in [0, 0.1) is 0 Å². The maximum Gasteiger partial charge on any atom is 0.295 e. The van der Waals surface area contributed by atoms with Crippen LogP contribution in [0.3, 0.4) is 0 Å². The summed E-state index contributed by atoms with van der Waals surface area (Å²) in [6.07, 6.45) is 5.53. The second kappa shape index (κ2) is 3.87. The fourth-order valence-electron chi connectivity index (χ4n) is 2.07. The van der Waals surface area contributed by atoms with E-state index in [0.29, 0.717) is 17.9 Å². The number of oxazole rings is 1. The SMILES string of the molecule is O=C(Nc1nnnn1C1CC1)c1ocnc1C1CC1. The zero-order chi connectivity index (χ0) is 12.8. The summed E-state index contributed by atoms with van der Waals surface area (Å²) in [5.41, 5.74) is 0.739. The molecule has 2 heterocycles. The van der Waals surface area contributed by atoms with Gasteiger partial charge in [-0.2, -0.15) is 0 Å². The first-order valence-corrected chi connectivity index (χ1v) is 6.35. The van der Waals surface area contributed by atoms with Gasteiger partial charge in [-0.3, -0.25) is 10.1 Å². The van der Waals surface area contributed by atoms with E-state index in [1.54, 1.807) is 4.68 Å². The van der Waals surface area contributed by atoms with Crippen molar-refractivity contribution in [2.24, 2.45) is 0 Å². The standard InChI is InChI=1S/C11H12N6O2/c18-10(9-8(6-1-2-6)12-5-19-9)13-11-14-15-16-17(11)7-3-4-7/h5-7H,1-4H2,(H,13,14,16,18). The smallest absolute Gasteiger partial charge is 0.295 e. The molecule has 0 unspecified atom stereocenters. The van der Waals surface area contributed by atoms with Crippen LogP contribution in [-0.2, 0) is 0 Å². The van der Waals surface area contributed by atoms with Gasteiger partial charge in [0.25, 0.3) is 5.91 Å². The lowest BCUT2D eigenvalue weighted by Gasteiger charge is -2.03. The van der Waals surface area contributed by atoms with E-state index >= 15 is 0 Å². The van der Waals surface area contributed by atoms with Gasteiger partial charge >= 0.3 is 0 Å². The molecule has 19 heavy (non-hydrogen) atoms. The number of carbonyl (C=O) groups is 1. The maximum absolute atomic E-state index is 12.2. The van der Waals surface area contributed by atoms with E-state index in [1.165, 1.54) is 6.39 Å². The number of nitrogens with zero attached hydrogens (tertiary/aromatic N) is 5. The van der Waals surface area contributed by atoms with Gasteiger partial charge in [-0.25, -0.2) is 9.67 Å². The summed E-state index contributed by atoms with van der Waals surface area (Å²) in [7, 11) is 0. The van der Waals surface area contributed by atoms with Gasteiger partial charge in [0.05, 0.1) is 11.7 Å². The first-order valence-electron chi connectivity index (χ1n) is 6.35. The molecule has 0 spiro atoms. The number of carbonyl (C=O) groups excluding carboxylic acids is 1. The van der Waals surface area contributed by atoms with Crippen LogP contribution in [0.15, 0.2) is 10.8 Å². The lowest BCUT2D eigenvalue weighted by Crippen LogP contribution is -2.17. The lowest BCUT2D eigenvalue weighted by atomic mass is 10.2. The lowest BCUT2D eigenvalue weighted by molar-refractivity contribution is 0.0994. The third kappa shape index (κ3) is 1.88. The highest BCUT2D eigenvalue weighted by molar-refractivity contribution is 6.02. The van der Waals surface area contributed by atoms with Crippen LogP contribution in [0.25, 0.3) is 0 Å². The first-order chi connectivity index (χ1) is 9.33. The molecule has 0 saturated heterocycles. The number of aromatic nitrogens is 5. The van der Waals surface area contributed by atoms with Crippen molar-refractivity contribution in [3.05, 3.63) is 17.8 Å². The Bertz CT molecular complexity index is 625. The minimum absolute atomic E-state index is 0.271. The predicted octanol–water partition coefficient (Wildman–Crippen LogP) is 1.13. The third-order valence-corrected chi connectivity index (χ3v) is 3.38. The molecule has 8 heteroatoms. The van der Waals surface area contributed by atoms with Crippen LogP contribution >= 0.6 is 0 Å². The molecule has 2 aromatic rings. The molecule has 0 radical (unpaired) electrons. The molecule has 2 aliphatic carbocycles. The van der Waals surface area contributed by atoms with Crippen molar-refractivity contribution in [3.8, 4) is 0 Å². The summed E-state index contributed by atoms with van der Waals surface area (Å²) in [6, 6.07) is 0.308. The summed E-state index contributed by atoms with van der Waals surface area (Å²) in [6.45, 7) is 0. The average molecular weight is 260 g/mol. The van der Waals surface area contributed by atoms with Gasteiger partial charge in [-0.1, -0.05) is 5.10 Å². The Hall–Kier alpha value is -2.25. The van der Waals surface area contributed by atoms with Gasteiger partial charge in [0.1, 0.15) is 0 Å². The Balaban J connectivity index is 1.56. The number of hydrogen-bond acceptors (Lipinski definition) is 6. The molecule has 0 aromatic carbocycles. The van der Waals surface area contributed by atoms with Crippen LogP contribution < -0.4 is 5.32 Å². The van der Waals surface area contributed by atoms with Crippen LogP contribution in [0.5, 0.6) is 0 Å². The van der Waals surface area contributed by atoms with E-state index in [9.17, 15) is 4.79 Å². The van der Waals surface area contributed by atoms with Crippen molar-refractivity contribution in [1.29, 1.82) is 0 Å². The Morgan fingerprint density at radius 2 is 2.21 bits per heavy atom. The van der Waals surface area contributed by atoms with Crippen molar-refractivity contribution in [2.45, 2.75) is 37.6 Å². The molecular formula is C11H12N6O2. The van der Waals surface area contributed by atoms with Gasteiger partial charge in [0, 0.05) is 5.92 Å². The predicted molar refractivity (Wildman–Crippen MR) is 62.5 cm³/mol. The zero-order valence-electron chi connectivity index (χ0n) is 10.1. The van der Waals surface area contributed by atoms with Crippen molar-refractivity contribution in [2.75, 3.05) is 5.32 Å². The molecule has 2 saturated carbocycles. The maximum atomic E-state index is 12.2. The van der Waals surface area contributed by atoms with Gasteiger partial charge < -0.3 is 4.42 Å². The fourth-order valence-corrected chi connectivity index (χ4v) is 2.07. The molecule has 2 aromatic heterocycles. The Morgan fingerprint density at radius 1 is 1.37 bits per heavy atom. The summed E-state index contributed by atoms with van der Waals surface area (Å²) in [5.74, 6) is 0.661. The highest BCUT2D eigenvalue weighted by Gasteiger charge is 2.33. The summed E-state index contributed by atoms with van der Waals surface area (Å²) < 4.78 is 6.84. The van der Waals surface area contributed by atoms with Crippen molar-refractivity contribution >= 4 is 11.9 Å². The summed E-state index contributed by atoms with van der Waals surface area (Å²) in [5, 5.41) is 14.0. The molecule has 8 nitrogen and oxygen atoms in total. The Kier molecular flexibility index (Phi) is 2.17. The molecule has 0 atom stereocenters. The van der Waals surface area contributed by atoms with Crippen molar-refractivity contribution < 1.29 is 9.21 Å². The van der Waals surface area contributed by atoms with E-state index in [4.69, 9.17) is 4.42 Å². The largest absolute Gasteiger partial charge is 0.438 e. The second-order valence-corrected chi connectivity index (χ2v) is 4.97. The Morgan fingerprint density at radius 3 is 2.95 bits per heavy atom. The van der Waals surface area contributed by atoms with Crippen LogP contribution in [0.2, 0.25) is 0 Å². The third-order valence-electron chi connectivity index (χ3n) is 3.38. The first kappa shape index (κ1) is 10.7. The molecule has 1 N–H and O–H groups in total. The van der Waals surface area contributed by atoms with Gasteiger partial charge in [0.2, 0.25) is 11.7 Å². The topological polar surface area (TPSA) is 98.7 Å². The molecule has 2 fully saturated rings. The minimum atomic E-state index is -0.337. The quantitative estimate of drug-likeness (QED) is 0.884. The second-order valence-electron chi connectivity index (χ2n) is 4.97. The van der Waals surface area contributed by atoms with Crippen molar-refractivity contribution in [3.63, 3.8) is 0 Å². The normalized spacial score (nSPS) is 18.5. The number of hydrogen-bond donors (Lipinski definition) is 1. The van der Waals surface area contributed by atoms with E-state index < -0.39 is 0 Å². The number of amides is 1. The molecule has 2 aliphatic rings. The molecular weight excluding hydrogens is 248 g/mol. The van der Waals surface area contributed by atoms with Crippen LogP contribution in [0.4, 0.5) is 5.95 Å². The monoisotopic (exact) mass is 260 g/mol. The number of anilines is 1. The summed E-state index contributed by atoms with van der Waals surface area (Å²) >= 11 is 0. The van der Waals surface area contributed by atoms with Crippen molar-refractivity contribution in [1.82, 2.24) is 25.2 Å². The molecule has 1 amide bonds.